The van der Waals surface area contributed by atoms with Crippen LogP contribution in [0.15, 0.2) is 77.4 Å². The molecule has 0 fully saturated rings. The van der Waals surface area contributed by atoms with E-state index >= 15 is 0 Å². The molecule has 4 rings (SSSR count). The second-order valence-corrected chi connectivity index (χ2v) is 7.18. The zero-order valence-corrected chi connectivity index (χ0v) is 25.4. The average molecular weight is 603 g/mol. The van der Waals surface area contributed by atoms with Crippen molar-refractivity contribution in [3.8, 4) is 11.1 Å². The molecule has 0 saturated carbocycles. The molecule has 0 amide bonds. The van der Waals surface area contributed by atoms with E-state index in [1.54, 1.807) is 12.1 Å². The fourth-order valence-corrected chi connectivity index (χ4v) is 3.51. The second kappa shape index (κ2) is 16.6. The summed E-state index contributed by atoms with van der Waals surface area (Å²) in [4.78, 5) is 0. The fourth-order valence-electron chi connectivity index (χ4n) is 3.51. The van der Waals surface area contributed by atoms with Crippen LogP contribution < -0.4 is 0 Å². The van der Waals surface area contributed by atoms with Gasteiger partial charge in [-0.2, -0.15) is 24.3 Å². The van der Waals surface area contributed by atoms with Crippen molar-refractivity contribution in [2.75, 3.05) is 0 Å². The van der Waals surface area contributed by atoms with Gasteiger partial charge in [-0.3, -0.25) is 6.08 Å². The van der Waals surface area contributed by atoms with Crippen molar-refractivity contribution in [3.05, 3.63) is 104 Å². The van der Waals surface area contributed by atoms with Gasteiger partial charge in [0.05, 0.1) is 5.56 Å². The van der Waals surface area contributed by atoms with Crippen molar-refractivity contribution in [3.63, 3.8) is 0 Å². The molecule has 1 aliphatic rings. The Hall–Kier alpha value is -1.000. The van der Waals surface area contributed by atoms with Crippen LogP contribution in [0.25, 0.3) is 21.9 Å². The maximum absolute atomic E-state index is 13.0. The Morgan fingerprint density at radius 2 is 1.41 bits per heavy atom. The summed E-state index contributed by atoms with van der Waals surface area (Å²) >= 11 is 1.36. The monoisotopic (exact) mass is 600 g/mol. The van der Waals surface area contributed by atoms with Gasteiger partial charge in [0, 0.05) is 0 Å². The minimum atomic E-state index is -4.34. The zero-order valence-electron chi connectivity index (χ0n) is 20.3. The zero-order chi connectivity index (χ0) is 22.5. The molecule has 0 saturated heterocycles. The molecule has 7 heteroatoms. The summed E-state index contributed by atoms with van der Waals surface area (Å²) in [6.07, 6.45) is -0.980. The van der Waals surface area contributed by atoms with E-state index in [4.69, 9.17) is 0 Å². The van der Waals surface area contributed by atoms with Gasteiger partial charge < -0.3 is 14.9 Å². The molecule has 2 radical (unpaired) electrons. The molecule has 186 valence electrons. The number of fused-ring (bicyclic) bond motifs is 1. The summed E-state index contributed by atoms with van der Waals surface area (Å²) in [7, 11) is 0. The summed E-state index contributed by atoms with van der Waals surface area (Å²) in [5.74, 6) is 0.560. The summed E-state index contributed by atoms with van der Waals surface area (Å²) in [5, 5.41) is 1.80. The first kappa shape index (κ1) is 37.5. The number of alkyl halides is 3. The van der Waals surface area contributed by atoms with Gasteiger partial charge in [0.25, 0.3) is 0 Å². The molecule has 0 spiro atoms. The van der Waals surface area contributed by atoms with Crippen molar-refractivity contribution in [1.29, 1.82) is 0 Å². The number of hydrogen-bond donors (Lipinski definition) is 0. The first-order valence-corrected chi connectivity index (χ1v) is 13.7. The summed E-state index contributed by atoms with van der Waals surface area (Å²) in [5.41, 5.74) is 4.51. The van der Waals surface area contributed by atoms with E-state index in [0.29, 0.717) is 11.5 Å². The molecule has 0 heterocycles. The quantitative estimate of drug-likeness (QED) is 0.192. The molecule has 0 N–H and O–H groups in total. The van der Waals surface area contributed by atoms with E-state index in [0.717, 1.165) is 16.8 Å². The average Bonchev–Trinajstić information content (AvgIpc) is 3.26. The third-order valence-electron chi connectivity index (χ3n) is 5.44. The van der Waals surface area contributed by atoms with Crippen LogP contribution in [-0.2, 0) is 29.5 Å². The van der Waals surface area contributed by atoms with Gasteiger partial charge in [-0.25, -0.2) is 5.57 Å². The number of allylic oxidation sites excluding steroid dienone is 4. The van der Waals surface area contributed by atoms with E-state index in [1.165, 1.54) is 52.2 Å². The van der Waals surface area contributed by atoms with Gasteiger partial charge in [-0.05, 0) is 0 Å². The van der Waals surface area contributed by atoms with Gasteiger partial charge in [-0.15, -0.1) is 78.4 Å². The molecule has 1 unspecified atom stereocenters. The number of hydrogen-bond acceptors (Lipinski definition) is 0. The van der Waals surface area contributed by atoms with Crippen molar-refractivity contribution < 1.29 is 36.5 Å². The second-order valence-electron chi connectivity index (χ2n) is 7.18. The van der Waals surface area contributed by atoms with Crippen molar-refractivity contribution in [2.24, 2.45) is 5.92 Å². The molecule has 1 aliphatic carbocycles. The number of halogens is 5. The number of benzene rings is 2. The van der Waals surface area contributed by atoms with Gasteiger partial charge in [0.1, 0.15) is 0 Å². The number of rotatable bonds is 1. The predicted octanol–water partition coefficient (Wildman–Crippen LogP) is 9.33. The Bertz CT molecular complexity index is 1080. The van der Waals surface area contributed by atoms with E-state index in [-0.39, 0.29) is 45.2 Å². The van der Waals surface area contributed by atoms with Crippen molar-refractivity contribution >= 4 is 42.5 Å². The van der Waals surface area contributed by atoms with Gasteiger partial charge in [-0.1, -0.05) is 62.6 Å². The van der Waals surface area contributed by atoms with Crippen LogP contribution in [0, 0.1) is 26.8 Å². The Kier molecular flexibility index (Phi) is 18.4. The molecule has 3 aromatic carbocycles. The summed E-state index contributed by atoms with van der Waals surface area (Å²) in [6, 6.07) is 16.7. The SMILES string of the molecule is CC1=[C-]C(C)C(C)=C1C.Cl.Cl.FC(F)(F)c1ccccc1-c1c[cH-]c2ccccc12.[CH3-].[CH3-].[Si]=[Zr]. The van der Waals surface area contributed by atoms with Gasteiger partial charge in [0.2, 0.25) is 0 Å². The van der Waals surface area contributed by atoms with Crippen LogP contribution in [-0.4, -0.2) is 6.88 Å². The predicted molar refractivity (Wildman–Crippen MR) is 143 cm³/mol. The Balaban J connectivity index is -0.000000555. The topological polar surface area (TPSA) is 0 Å². The summed E-state index contributed by atoms with van der Waals surface area (Å²) < 4.78 is 39.1. The van der Waals surface area contributed by atoms with Crippen LogP contribution in [0.1, 0.15) is 33.3 Å². The van der Waals surface area contributed by atoms with Crippen LogP contribution in [0.2, 0.25) is 0 Å². The molecule has 1 atom stereocenters. The Morgan fingerprint density at radius 1 is 0.882 bits per heavy atom. The Labute approximate surface area is 232 Å². The molecule has 34 heavy (non-hydrogen) atoms. The molecule has 3 aromatic rings. The van der Waals surface area contributed by atoms with E-state index in [9.17, 15) is 13.2 Å². The first-order chi connectivity index (χ1) is 14.2. The molecular formula is C27H31Cl2F3SiZr-4. The van der Waals surface area contributed by atoms with E-state index < -0.39 is 11.7 Å². The van der Waals surface area contributed by atoms with Crippen molar-refractivity contribution in [1.82, 2.24) is 0 Å². The molecule has 0 aromatic heterocycles. The third-order valence-corrected chi connectivity index (χ3v) is 5.44. The summed E-state index contributed by atoms with van der Waals surface area (Å²) in [6.45, 7) is 11.7. The van der Waals surface area contributed by atoms with Crippen LogP contribution in [0.3, 0.4) is 0 Å². The van der Waals surface area contributed by atoms with Crippen LogP contribution in [0.5, 0.6) is 0 Å². The minimum absolute atomic E-state index is 0. The van der Waals surface area contributed by atoms with E-state index in [1.807, 2.05) is 30.3 Å². The van der Waals surface area contributed by atoms with E-state index in [2.05, 4.69) is 40.7 Å². The first-order valence-electron chi connectivity index (χ1n) is 9.54. The van der Waals surface area contributed by atoms with Gasteiger partial charge >= 0.3 is 36.4 Å². The standard InChI is InChI=1S/C16H10F3.C9H13.2CH3.2ClH.Si.Zr/c17-16(18,19)15-8-4-3-7-14(15)13-10-9-11-5-1-2-6-12(11)13;1-6-5-7(2)9(4)8(6)3;;;;;;/h1-10H;6H,1-4H3;2*1H3;2*1H;;/q4*-1;;;;. The third kappa shape index (κ3) is 8.90. The van der Waals surface area contributed by atoms with Crippen LogP contribution in [0.4, 0.5) is 13.2 Å². The maximum atomic E-state index is 13.0. The molecular weight excluding hydrogens is 572 g/mol. The van der Waals surface area contributed by atoms with Crippen LogP contribution >= 0.6 is 24.8 Å². The molecule has 0 nitrogen and oxygen atoms in total. The Morgan fingerprint density at radius 3 is 1.88 bits per heavy atom. The van der Waals surface area contributed by atoms with Gasteiger partial charge in [0.15, 0.2) is 0 Å². The fraction of sp³-hybridized carbons (Fsp3) is 0.222. The van der Waals surface area contributed by atoms with Crippen molar-refractivity contribution in [2.45, 2.75) is 33.9 Å². The normalized spacial score (nSPS) is 13.9. The molecule has 0 bridgehead atoms. The molecule has 0 aliphatic heterocycles.